The molecule has 4 nitrogen and oxygen atoms in total. The predicted molar refractivity (Wildman–Crippen MR) is 113 cm³/mol. The van der Waals surface area contributed by atoms with Crippen molar-refractivity contribution in [3.63, 3.8) is 0 Å². The lowest BCUT2D eigenvalue weighted by Crippen LogP contribution is -2.61. The normalized spacial score (nSPS) is 57.6. The molecule has 0 amide bonds. The van der Waals surface area contributed by atoms with Crippen LogP contribution < -0.4 is 0 Å². The van der Waals surface area contributed by atoms with E-state index in [1.807, 2.05) is 0 Å². The molecule has 5 saturated carbocycles. The second-order valence-electron chi connectivity index (χ2n) is 13.3. The van der Waals surface area contributed by atoms with Crippen LogP contribution >= 0.6 is 0 Å². The van der Waals surface area contributed by atoms with Gasteiger partial charge in [0.15, 0.2) is 5.79 Å². The molecular weight excluding hydrogens is 376 g/mol. The minimum atomic E-state index is -1.53. The maximum atomic E-state index is 11.8. The van der Waals surface area contributed by atoms with Crippen LogP contribution in [-0.2, 0) is 9.53 Å². The van der Waals surface area contributed by atoms with Crippen LogP contribution in [0.4, 0.5) is 0 Å². The van der Waals surface area contributed by atoms with Crippen LogP contribution in [0.1, 0.15) is 91.9 Å². The van der Waals surface area contributed by atoms with Crippen LogP contribution in [0.25, 0.3) is 0 Å². The van der Waals surface area contributed by atoms with Gasteiger partial charge in [-0.2, -0.15) is 0 Å². The van der Waals surface area contributed by atoms with Crippen molar-refractivity contribution in [1.82, 2.24) is 0 Å². The first-order valence-electron chi connectivity index (χ1n) is 12.5. The minimum Gasteiger partial charge on any atom is -0.465 e. The number of rotatable bonds is 1. The summed E-state index contributed by atoms with van der Waals surface area (Å²) in [6.45, 7) is 10.0. The zero-order valence-corrected chi connectivity index (χ0v) is 19.3. The highest BCUT2D eigenvalue weighted by atomic mass is 16.5. The molecule has 2 spiro atoms. The van der Waals surface area contributed by atoms with Crippen LogP contribution in [0.15, 0.2) is 0 Å². The Morgan fingerprint density at radius 1 is 0.833 bits per heavy atom. The Hall–Kier alpha value is -0.610. The molecule has 30 heavy (non-hydrogen) atoms. The molecule has 4 heteroatoms. The smallest absolute Gasteiger partial charge is 0.306 e. The highest BCUT2D eigenvalue weighted by Gasteiger charge is 2.83. The molecule has 0 aromatic heterocycles. The average molecular weight is 417 g/mol. The topological polar surface area (TPSA) is 66.8 Å². The molecule has 0 aromatic rings. The van der Waals surface area contributed by atoms with Gasteiger partial charge in [-0.1, -0.05) is 27.7 Å². The van der Waals surface area contributed by atoms with Gasteiger partial charge in [0.05, 0.1) is 13.0 Å². The molecule has 168 valence electrons. The molecule has 6 fully saturated rings. The molecule has 1 saturated heterocycles. The summed E-state index contributed by atoms with van der Waals surface area (Å²) in [4.78, 5) is 11.8. The second kappa shape index (κ2) is 5.47. The summed E-state index contributed by atoms with van der Waals surface area (Å²) >= 11 is 0. The zero-order valence-electron chi connectivity index (χ0n) is 19.3. The Balaban J connectivity index is 1.35. The number of hydrogen-bond acceptors (Lipinski definition) is 4. The Morgan fingerprint density at radius 2 is 1.50 bits per heavy atom. The van der Waals surface area contributed by atoms with E-state index in [4.69, 9.17) is 4.74 Å². The number of esters is 1. The first-order chi connectivity index (χ1) is 13.9. The largest absolute Gasteiger partial charge is 0.465 e. The van der Waals surface area contributed by atoms with Gasteiger partial charge in [0.2, 0.25) is 0 Å². The van der Waals surface area contributed by atoms with E-state index in [0.717, 1.165) is 18.8 Å². The Labute approximate surface area is 181 Å². The maximum Gasteiger partial charge on any atom is 0.306 e. The molecular formula is C26H40O4. The molecule has 8 atom stereocenters. The van der Waals surface area contributed by atoms with E-state index in [-0.39, 0.29) is 5.97 Å². The van der Waals surface area contributed by atoms with Crippen molar-refractivity contribution in [2.75, 3.05) is 6.61 Å². The van der Waals surface area contributed by atoms with Crippen LogP contribution in [0, 0.1) is 50.7 Å². The average Bonchev–Trinajstić information content (AvgIpc) is 3.01. The first kappa shape index (κ1) is 20.0. The van der Waals surface area contributed by atoms with Crippen molar-refractivity contribution in [1.29, 1.82) is 0 Å². The van der Waals surface area contributed by atoms with Gasteiger partial charge < -0.3 is 14.9 Å². The van der Waals surface area contributed by atoms with Crippen molar-refractivity contribution >= 4 is 5.97 Å². The fourth-order valence-electron chi connectivity index (χ4n) is 10.9. The Kier molecular flexibility index (Phi) is 3.65. The van der Waals surface area contributed by atoms with E-state index in [0.29, 0.717) is 58.9 Å². The summed E-state index contributed by atoms with van der Waals surface area (Å²) in [6.07, 6.45) is 11.0. The summed E-state index contributed by atoms with van der Waals surface area (Å²) in [6, 6.07) is 0. The number of cyclic esters (lactones) is 1. The quantitative estimate of drug-likeness (QED) is 0.481. The lowest BCUT2D eigenvalue weighted by atomic mass is 9.41. The van der Waals surface area contributed by atoms with E-state index in [1.54, 1.807) is 0 Å². The summed E-state index contributed by atoms with van der Waals surface area (Å²) in [5, 5.41) is 21.6. The first-order valence-corrected chi connectivity index (χ1v) is 12.5. The van der Waals surface area contributed by atoms with E-state index < -0.39 is 11.2 Å². The van der Waals surface area contributed by atoms with Gasteiger partial charge in [-0.3, -0.25) is 4.79 Å². The lowest BCUT2D eigenvalue weighted by molar-refractivity contribution is -0.292. The zero-order chi connectivity index (χ0) is 21.4. The van der Waals surface area contributed by atoms with Crippen LogP contribution in [-0.4, -0.2) is 28.6 Å². The fraction of sp³-hybridized carbons (Fsp3) is 0.962. The van der Waals surface area contributed by atoms with Crippen LogP contribution in [0.3, 0.4) is 0 Å². The van der Waals surface area contributed by atoms with Gasteiger partial charge in [0.1, 0.15) is 0 Å². The van der Waals surface area contributed by atoms with Crippen LogP contribution in [0.2, 0.25) is 0 Å². The summed E-state index contributed by atoms with van der Waals surface area (Å²) in [5.74, 6) is 0.691. The van der Waals surface area contributed by atoms with Gasteiger partial charge in [0, 0.05) is 17.8 Å². The molecule has 5 aliphatic carbocycles. The third kappa shape index (κ3) is 1.97. The SMILES string of the molecule is CC1(C)[C@@H]2CC[C@@H]3[C@]4(CC[C@]5(C)[C@@H]([C@@H]6COC(=O)C6)CC[C@@]35C)C[C@]24CCC1(O)O. The van der Waals surface area contributed by atoms with Crippen molar-refractivity contribution in [3.05, 3.63) is 0 Å². The molecule has 1 aliphatic heterocycles. The third-order valence-electron chi connectivity index (χ3n) is 12.8. The summed E-state index contributed by atoms with van der Waals surface area (Å²) in [5.41, 5.74) is 0.979. The highest BCUT2D eigenvalue weighted by molar-refractivity contribution is 5.71. The van der Waals surface area contributed by atoms with Crippen LogP contribution in [0.5, 0.6) is 0 Å². The van der Waals surface area contributed by atoms with E-state index >= 15 is 0 Å². The number of carbonyl (C=O) groups excluding carboxylic acids is 1. The van der Waals surface area contributed by atoms with Crippen molar-refractivity contribution in [3.8, 4) is 0 Å². The molecule has 0 unspecified atom stereocenters. The number of carbonyl (C=O) groups is 1. The number of ether oxygens (including phenoxy) is 1. The van der Waals surface area contributed by atoms with Gasteiger partial charge in [-0.15, -0.1) is 0 Å². The molecule has 1 heterocycles. The van der Waals surface area contributed by atoms with E-state index in [2.05, 4.69) is 27.7 Å². The van der Waals surface area contributed by atoms with E-state index in [9.17, 15) is 15.0 Å². The molecule has 0 bridgehead atoms. The Bertz CT molecular complexity index is 803. The molecule has 6 aliphatic rings. The molecule has 0 aromatic carbocycles. The monoisotopic (exact) mass is 416 g/mol. The van der Waals surface area contributed by atoms with Gasteiger partial charge in [-0.05, 0) is 90.8 Å². The van der Waals surface area contributed by atoms with Gasteiger partial charge >= 0.3 is 5.97 Å². The molecule has 6 rings (SSSR count). The fourth-order valence-corrected chi connectivity index (χ4v) is 10.9. The van der Waals surface area contributed by atoms with Crippen molar-refractivity contribution in [2.45, 2.75) is 97.7 Å². The highest BCUT2D eigenvalue weighted by Crippen LogP contribution is 2.89. The standard InChI is InChI=1S/C26H40O4/c1-21(2)18-5-6-19-23(4)8-7-17(16-13-20(27)30-14-16)22(23,3)9-10-25(19)15-24(18,25)11-12-26(21,28)29/h16-19,28-29H,5-15H2,1-4H3/t16-,17+,18-,19-,22+,23-,24+,25-/m0/s1. The van der Waals surface area contributed by atoms with Crippen molar-refractivity contribution < 1.29 is 19.7 Å². The van der Waals surface area contributed by atoms with E-state index in [1.165, 1.54) is 38.5 Å². The van der Waals surface area contributed by atoms with Gasteiger partial charge in [-0.25, -0.2) is 0 Å². The lowest BCUT2D eigenvalue weighted by Gasteiger charge is -2.64. The summed E-state index contributed by atoms with van der Waals surface area (Å²) in [7, 11) is 0. The summed E-state index contributed by atoms with van der Waals surface area (Å²) < 4.78 is 5.40. The van der Waals surface area contributed by atoms with Crippen molar-refractivity contribution in [2.24, 2.45) is 50.7 Å². The number of hydrogen-bond donors (Lipinski definition) is 2. The molecule has 0 radical (unpaired) electrons. The maximum absolute atomic E-state index is 11.8. The minimum absolute atomic E-state index is 0.00654. The number of aliphatic hydroxyl groups is 2. The van der Waals surface area contributed by atoms with Gasteiger partial charge in [0.25, 0.3) is 0 Å². The number of fused-ring (bicyclic) bond motifs is 2. The molecule has 2 N–H and O–H groups in total. The predicted octanol–water partition coefficient (Wildman–Crippen LogP) is 4.67. The third-order valence-corrected chi connectivity index (χ3v) is 12.8. The Morgan fingerprint density at radius 3 is 2.20 bits per heavy atom. The second-order valence-corrected chi connectivity index (χ2v) is 13.3.